The number of hydrogen-bond acceptors (Lipinski definition) is 1. The third-order valence-corrected chi connectivity index (χ3v) is 1.46. The Bertz CT molecular complexity index is 320. The van der Waals surface area contributed by atoms with E-state index in [0.29, 0.717) is 11.8 Å². The van der Waals surface area contributed by atoms with Crippen molar-refractivity contribution in [3.8, 4) is 0 Å². The number of halogens is 1. The second-order valence-electron chi connectivity index (χ2n) is 2.25. The summed E-state index contributed by atoms with van der Waals surface area (Å²) in [6.45, 7) is 0. The van der Waals surface area contributed by atoms with Gasteiger partial charge in [-0.05, 0) is 17.7 Å². The minimum atomic E-state index is -0.381. The molecule has 0 saturated carbocycles. The van der Waals surface area contributed by atoms with Crippen LogP contribution in [-0.2, 0) is 4.79 Å². The monoisotopic (exact) mass is 160 g/mol. The van der Waals surface area contributed by atoms with Crippen LogP contribution in [0.4, 0.5) is 4.39 Å². The first kappa shape index (κ1) is 8.72. The zero-order valence-electron chi connectivity index (χ0n) is 6.33. The van der Waals surface area contributed by atoms with E-state index in [1.165, 1.54) is 18.2 Å². The zero-order chi connectivity index (χ0) is 8.97. The fourth-order valence-electron chi connectivity index (χ4n) is 0.872. The first-order valence-corrected chi connectivity index (χ1v) is 3.41. The number of rotatable bonds is 2. The molecule has 0 spiro atoms. The minimum absolute atomic E-state index is 0.287. The largest absolute Gasteiger partial charge is 0.298 e. The Labute approximate surface area is 71.3 Å². The maximum absolute atomic E-state index is 12.6. The molecule has 1 rings (SSSR count). The molecule has 1 nitrogen and oxygen atoms in total. The van der Waals surface area contributed by atoms with Crippen LogP contribution in [0.5, 0.6) is 0 Å². The third-order valence-electron chi connectivity index (χ3n) is 1.46. The molecule has 0 N–H and O–H groups in total. The van der Waals surface area contributed by atoms with Gasteiger partial charge in [0, 0.05) is 5.57 Å². The van der Waals surface area contributed by atoms with Gasteiger partial charge in [0.2, 0.25) is 0 Å². The number of hydrogen-bond donors (Lipinski definition) is 0. The van der Waals surface area contributed by atoms with Crippen LogP contribution in [0.25, 0.3) is 5.57 Å². The van der Waals surface area contributed by atoms with Crippen molar-refractivity contribution in [1.29, 1.82) is 0 Å². The van der Waals surface area contributed by atoms with Gasteiger partial charge in [0.15, 0.2) is 0 Å². The molecule has 0 aliphatic carbocycles. The van der Waals surface area contributed by atoms with Crippen LogP contribution in [0, 0.1) is 5.82 Å². The zero-order valence-corrected chi connectivity index (χ0v) is 6.33. The Balaban J connectivity index is 3.10. The molecule has 0 heterocycles. The molecule has 0 aromatic heterocycles. The van der Waals surface area contributed by atoms with Crippen LogP contribution in [0.1, 0.15) is 5.56 Å². The molecule has 0 aliphatic rings. The lowest BCUT2D eigenvalue weighted by molar-refractivity contribution is -0.103. The highest BCUT2D eigenvalue weighted by Gasteiger charge is 1.98. The van der Waals surface area contributed by atoms with Crippen molar-refractivity contribution in [2.75, 3.05) is 0 Å². The number of carbonyl (C=O) groups is 1. The molecule has 0 bridgehead atoms. The fourth-order valence-corrected chi connectivity index (χ4v) is 0.872. The normalized spacial score (nSPS) is 11.2. The molecule has 1 aromatic carbocycles. The average molecular weight is 160 g/mol. The van der Waals surface area contributed by atoms with Gasteiger partial charge in [0.25, 0.3) is 0 Å². The summed E-state index contributed by atoms with van der Waals surface area (Å²) in [5.41, 5.74) is 0.780. The molecule has 0 amide bonds. The van der Waals surface area contributed by atoms with E-state index < -0.39 is 0 Å². The van der Waals surface area contributed by atoms with Crippen molar-refractivity contribution in [3.63, 3.8) is 0 Å². The summed E-state index contributed by atoms with van der Waals surface area (Å²) in [5, 5.41) is 0. The van der Waals surface area contributed by atoms with Gasteiger partial charge in [0.05, 0.1) is 0 Å². The Morgan fingerprint density at radius 1 is 1.50 bits per heavy atom. The van der Waals surface area contributed by atoms with E-state index in [9.17, 15) is 9.18 Å². The quantitative estimate of drug-likeness (QED) is 0.364. The van der Waals surface area contributed by atoms with Crippen LogP contribution in [0.15, 0.2) is 30.2 Å². The van der Waals surface area contributed by atoms with E-state index in [-0.39, 0.29) is 11.4 Å². The summed E-state index contributed by atoms with van der Waals surface area (Å²) in [7, 11) is 5.15. The highest BCUT2D eigenvalue weighted by Crippen LogP contribution is 2.12. The van der Waals surface area contributed by atoms with Gasteiger partial charge in [0.1, 0.15) is 19.9 Å². The van der Waals surface area contributed by atoms with Crippen LogP contribution >= 0.6 is 0 Å². The maximum atomic E-state index is 12.6. The first-order valence-electron chi connectivity index (χ1n) is 3.41. The standard InChI is InChI=1S/C9H6BFO/c10-5-8(6-12)7-2-1-3-9(11)4-7/h1-6H/b8-5+. The molecule has 3 heteroatoms. The molecule has 1 aromatic rings. The SMILES string of the molecule is [B]/C=C(\C=O)c1cccc(F)c1. The topological polar surface area (TPSA) is 17.1 Å². The number of carbonyl (C=O) groups excluding carboxylic acids is 1. The summed E-state index contributed by atoms with van der Waals surface area (Å²) in [5.74, 6) is 0.774. The smallest absolute Gasteiger partial charge is 0.149 e. The molecule has 0 unspecified atom stereocenters. The molecule has 0 saturated heterocycles. The molecular weight excluding hydrogens is 154 g/mol. The van der Waals surface area contributed by atoms with Gasteiger partial charge in [-0.15, -0.1) is 5.98 Å². The van der Waals surface area contributed by atoms with E-state index in [2.05, 4.69) is 0 Å². The summed E-state index contributed by atoms with van der Waals surface area (Å²) < 4.78 is 12.6. The molecular formula is C9H6BFO. The molecule has 0 atom stereocenters. The number of aldehydes is 1. The van der Waals surface area contributed by atoms with E-state index in [1.54, 1.807) is 6.07 Å². The second kappa shape index (κ2) is 3.86. The van der Waals surface area contributed by atoms with Gasteiger partial charge in [-0.3, -0.25) is 4.79 Å². The predicted molar refractivity (Wildman–Crippen MR) is 46.2 cm³/mol. The van der Waals surface area contributed by atoms with Crippen LogP contribution in [0.3, 0.4) is 0 Å². The van der Waals surface area contributed by atoms with Crippen LogP contribution in [-0.4, -0.2) is 14.1 Å². The van der Waals surface area contributed by atoms with Gasteiger partial charge in [-0.1, -0.05) is 12.1 Å². The summed E-state index contributed by atoms with van der Waals surface area (Å²) in [6, 6.07) is 5.71. The van der Waals surface area contributed by atoms with E-state index in [4.69, 9.17) is 7.85 Å². The summed E-state index contributed by atoms with van der Waals surface area (Å²) >= 11 is 0. The van der Waals surface area contributed by atoms with Crippen molar-refractivity contribution >= 4 is 19.7 Å². The average Bonchev–Trinajstić information content (AvgIpc) is 2.07. The van der Waals surface area contributed by atoms with Gasteiger partial charge < -0.3 is 0 Å². The van der Waals surface area contributed by atoms with E-state index in [1.807, 2.05) is 0 Å². The van der Waals surface area contributed by atoms with Crippen LogP contribution in [0.2, 0.25) is 0 Å². The van der Waals surface area contributed by atoms with Gasteiger partial charge in [-0.2, -0.15) is 0 Å². The third kappa shape index (κ3) is 1.81. The first-order chi connectivity index (χ1) is 5.77. The van der Waals surface area contributed by atoms with Crippen molar-refractivity contribution in [1.82, 2.24) is 0 Å². The lowest BCUT2D eigenvalue weighted by Crippen LogP contribution is -1.86. The number of allylic oxidation sites excluding steroid dienone is 1. The van der Waals surface area contributed by atoms with Gasteiger partial charge >= 0.3 is 0 Å². The molecule has 2 radical (unpaired) electrons. The molecule has 0 aliphatic heterocycles. The molecule has 0 fully saturated rings. The lowest BCUT2D eigenvalue weighted by atomic mass is 9.99. The van der Waals surface area contributed by atoms with E-state index >= 15 is 0 Å². The Hall–Kier alpha value is -1.38. The maximum Gasteiger partial charge on any atom is 0.149 e. The Morgan fingerprint density at radius 3 is 2.75 bits per heavy atom. The summed E-state index contributed by atoms with van der Waals surface area (Å²) in [4.78, 5) is 10.4. The highest BCUT2D eigenvalue weighted by molar-refractivity contribution is 6.26. The van der Waals surface area contributed by atoms with Crippen LogP contribution < -0.4 is 0 Å². The Kier molecular flexibility index (Phi) is 2.80. The molecule has 12 heavy (non-hydrogen) atoms. The minimum Gasteiger partial charge on any atom is -0.298 e. The Morgan fingerprint density at radius 2 is 2.25 bits per heavy atom. The van der Waals surface area contributed by atoms with Crippen molar-refractivity contribution in [2.45, 2.75) is 0 Å². The van der Waals surface area contributed by atoms with Crippen molar-refractivity contribution in [2.24, 2.45) is 0 Å². The highest BCUT2D eigenvalue weighted by atomic mass is 19.1. The van der Waals surface area contributed by atoms with Crippen molar-refractivity contribution < 1.29 is 9.18 Å². The van der Waals surface area contributed by atoms with Gasteiger partial charge in [-0.25, -0.2) is 4.39 Å². The van der Waals surface area contributed by atoms with Crippen molar-refractivity contribution in [3.05, 3.63) is 41.6 Å². The second-order valence-corrected chi connectivity index (χ2v) is 2.25. The van der Waals surface area contributed by atoms with E-state index in [0.717, 1.165) is 5.98 Å². The predicted octanol–water partition coefficient (Wildman–Crippen LogP) is 1.53. The molecule has 58 valence electrons. The fraction of sp³-hybridized carbons (Fsp3) is 0. The summed E-state index contributed by atoms with van der Waals surface area (Å²) in [6.07, 6.45) is 0.592. The number of benzene rings is 1. The lowest BCUT2D eigenvalue weighted by Gasteiger charge is -1.98.